The second kappa shape index (κ2) is 5.93. The maximum atomic E-state index is 11.4. The Morgan fingerprint density at radius 3 is 3.38 bits per heavy atom. The van der Waals surface area contributed by atoms with Crippen molar-refractivity contribution in [3.05, 3.63) is 11.6 Å². The predicted octanol–water partition coefficient (Wildman–Crippen LogP) is 0.850. The van der Waals surface area contributed by atoms with Crippen LogP contribution in [-0.2, 0) is 9.53 Å². The van der Waals surface area contributed by atoms with E-state index >= 15 is 0 Å². The van der Waals surface area contributed by atoms with Gasteiger partial charge in [0.25, 0.3) is 5.91 Å². The van der Waals surface area contributed by atoms with Gasteiger partial charge in [0, 0.05) is 17.6 Å². The van der Waals surface area contributed by atoms with Crippen LogP contribution in [0.3, 0.4) is 0 Å². The standard InChI is InChI=1S/C10H15N3O2S/c14-9(13-10-12-4-5-16-10)7-15-6-8-2-1-3-11-8/h4-5,8,11H,1-3,6-7H2,(H,12,13,14)/t8-/m0/s1. The molecule has 0 aromatic carbocycles. The van der Waals surface area contributed by atoms with Gasteiger partial charge in [0.2, 0.25) is 0 Å². The van der Waals surface area contributed by atoms with Crippen LogP contribution >= 0.6 is 11.3 Å². The number of anilines is 1. The lowest BCUT2D eigenvalue weighted by atomic mass is 10.2. The fourth-order valence-electron chi connectivity index (χ4n) is 1.63. The SMILES string of the molecule is O=C(COC[C@@H]1CCCN1)Nc1nccs1. The summed E-state index contributed by atoms with van der Waals surface area (Å²) in [6.07, 6.45) is 3.98. The molecule has 0 bridgehead atoms. The first-order valence-electron chi connectivity index (χ1n) is 5.35. The van der Waals surface area contributed by atoms with E-state index in [4.69, 9.17) is 4.74 Å². The summed E-state index contributed by atoms with van der Waals surface area (Å²) in [5.41, 5.74) is 0. The molecule has 0 aliphatic carbocycles. The minimum Gasteiger partial charge on any atom is -0.370 e. The summed E-state index contributed by atoms with van der Waals surface area (Å²) in [4.78, 5) is 15.4. The Kier molecular flexibility index (Phi) is 4.26. The molecule has 1 atom stereocenters. The van der Waals surface area contributed by atoms with Crippen LogP contribution in [0.5, 0.6) is 0 Å². The van der Waals surface area contributed by atoms with E-state index in [-0.39, 0.29) is 12.5 Å². The summed E-state index contributed by atoms with van der Waals surface area (Å²) in [6, 6.07) is 0.410. The molecule has 1 aromatic rings. The average molecular weight is 241 g/mol. The largest absolute Gasteiger partial charge is 0.370 e. The number of hydrogen-bond donors (Lipinski definition) is 2. The maximum absolute atomic E-state index is 11.4. The predicted molar refractivity (Wildman–Crippen MR) is 62.6 cm³/mol. The summed E-state index contributed by atoms with van der Waals surface area (Å²) < 4.78 is 5.33. The van der Waals surface area contributed by atoms with E-state index in [2.05, 4.69) is 15.6 Å². The van der Waals surface area contributed by atoms with Crippen molar-refractivity contribution < 1.29 is 9.53 Å². The zero-order valence-electron chi connectivity index (χ0n) is 8.94. The Morgan fingerprint density at radius 2 is 2.69 bits per heavy atom. The normalized spacial score (nSPS) is 19.9. The molecular weight excluding hydrogens is 226 g/mol. The lowest BCUT2D eigenvalue weighted by Crippen LogP contribution is -2.29. The molecule has 6 heteroatoms. The van der Waals surface area contributed by atoms with Crippen LogP contribution in [0.2, 0.25) is 0 Å². The van der Waals surface area contributed by atoms with Gasteiger partial charge in [0.05, 0.1) is 6.61 Å². The van der Waals surface area contributed by atoms with Gasteiger partial charge in [-0.05, 0) is 19.4 Å². The van der Waals surface area contributed by atoms with Crippen molar-refractivity contribution in [2.75, 3.05) is 25.1 Å². The Labute approximate surface area is 98.2 Å². The van der Waals surface area contributed by atoms with Gasteiger partial charge in [0.1, 0.15) is 6.61 Å². The van der Waals surface area contributed by atoms with E-state index < -0.39 is 0 Å². The highest BCUT2D eigenvalue weighted by atomic mass is 32.1. The minimum atomic E-state index is -0.145. The number of thiazole rings is 1. The van der Waals surface area contributed by atoms with Crippen molar-refractivity contribution in [3.63, 3.8) is 0 Å². The third-order valence-corrected chi connectivity index (χ3v) is 3.08. The van der Waals surface area contributed by atoms with Crippen molar-refractivity contribution >= 4 is 22.4 Å². The molecule has 2 N–H and O–H groups in total. The number of carbonyl (C=O) groups excluding carboxylic acids is 1. The molecule has 0 saturated carbocycles. The topological polar surface area (TPSA) is 63.2 Å². The first-order valence-corrected chi connectivity index (χ1v) is 6.23. The number of rotatable bonds is 5. The molecule has 0 radical (unpaired) electrons. The maximum Gasteiger partial charge on any atom is 0.252 e. The fraction of sp³-hybridized carbons (Fsp3) is 0.600. The van der Waals surface area contributed by atoms with Gasteiger partial charge >= 0.3 is 0 Å². The first kappa shape index (κ1) is 11.5. The number of carbonyl (C=O) groups is 1. The molecule has 16 heavy (non-hydrogen) atoms. The summed E-state index contributed by atoms with van der Waals surface area (Å²) in [5, 5.41) is 8.42. The molecule has 1 aliphatic rings. The zero-order chi connectivity index (χ0) is 11.2. The third-order valence-electron chi connectivity index (χ3n) is 2.39. The van der Waals surface area contributed by atoms with Gasteiger partial charge in [-0.3, -0.25) is 10.1 Å². The van der Waals surface area contributed by atoms with Gasteiger partial charge in [-0.2, -0.15) is 0 Å². The van der Waals surface area contributed by atoms with Crippen LogP contribution in [0.4, 0.5) is 5.13 Å². The number of ether oxygens (including phenoxy) is 1. The summed E-state index contributed by atoms with van der Waals surface area (Å²) in [5.74, 6) is -0.145. The lowest BCUT2D eigenvalue weighted by molar-refractivity contribution is -0.120. The molecule has 1 aromatic heterocycles. The van der Waals surface area contributed by atoms with Gasteiger partial charge in [-0.1, -0.05) is 0 Å². The van der Waals surface area contributed by atoms with Crippen LogP contribution in [-0.4, -0.2) is 36.7 Å². The molecule has 2 heterocycles. The van der Waals surface area contributed by atoms with Crippen molar-refractivity contribution in [2.24, 2.45) is 0 Å². The molecule has 0 spiro atoms. The van der Waals surface area contributed by atoms with Crippen molar-refractivity contribution in [1.29, 1.82) is 0 Å². The zero-order valence-corrected chi connectivity index (χ0v) is 9.76. The number of amides is 1. The molecule has 1 amide bonds. The Hall–Kier alpha value is -0.980. The van der Waals surface area contributed by atoms with Gasteiger partial charge in [0.15, 0.2) is 5.13 Å². The summed E-state index contributed by atoms with van der Waals surface area (Å²) in [6.45, 7) is 1.75. The number of nitrogens with one attached hydrogen (secondary N) is 2. The lowest BCUT2D eigenvalue weighted by Gasteiger charge is -2.10. The third kappa shape index (κ3) is 3.55. The monoisotopic (exact) mass is 241 g/mol. The molecular formula is C10H15N3O2S. The van der Waals surface area contributed by atoms with Crippen LogP contribution in [0.15, 0.2) is 11.6 Å². The molecule has 1 fully saturated rings. The van der Waals surface area contributed by atoms with Crippen molar-refractivity contribution in [3.8, 4) is 0 Å². The smallest absolute Gasteiger partial charge is 0.252 e. The molecule has 88 valence electrons. The Balaban J connectivity index is 1.60. The molecule has 1 aliphatic heterocycles. The number of hydrogen-bond acceptors (Lipinski definition) is 5. The van der Waals surface area contributed by atoms with Crippen molar-refractivity contribution in [1.82, 2.24) is 10.3 Å². The van der Waals surface area contributed by atoms with E-state index in [1.807, 2.05) is 5.38 Å². The Bertz CT molecular complexity index is 323. The summed E-state index contributed by atoms with van der Waals surface area (Å²) in [7, 11) is 0. The average Bonchev–Trinajstić information content (AvgIpc) is 2.90. The quantitative estimate of drug-likeness (QED) is 0.802. The van der Waals surface area contributed by atoms with E-state index in [0.717, 1.165) is 13.0 Å². The van der Waals surface area contributed by atoms with Crippen molar-refractivity contribution in [2.45, 2.75) is 18.9 Å². The van der Waals surface area contributed by atoms with E-state index in [1.165, 1.54) is 17.8 Å². The fourth-order valence-corrected chi connectivity index (χ4v) is 2.18. The highest BCUT2D eigenvalue weighted by molar-refractivity contribution is 7.13. The molecule has 0 unspecified atom stereocenters. The van der Waals surface area contributed by atoms with Crippen LogP contribution in [0.1, 0.15) is 12.8 Å². The Morgan fingerprint density at radius 1 is 1.75 bits per heavy atom. The van der Waals surface area contributed by atoms with Crippen LogP contribution in [0, 0.1) is 0 Å². The highest BCUT2D eigenvalue weighted by Crippen LogP contribution is 2.10. The van der Waals surface area contributed by atoms with Gasteiger partial charge < -0.3 is 10.1 Å². The summed E-state index contributed by atoms with van der Waals surface area (Å²) >= 11 is 1.40. The van der Waals surface area contributed by atoms with E-state index in [0.29, 0.717) is 17.8 Å². The van der Waals surface area contributed by atoms with Gasteiger partial charge in [-0.15, -0.1) is 11.3 Å². The van der Waals surface area contributed by atoms with E-state index in [1.54, 1.807) is 6.20 Å². The van der Waals surface area contributed by atoms with Gasteiger partial charge in [-0.25, -0.2) is 4.98 Å². The van der Waals surface area contributed by atoms with Crippen LogP contribution < -0.4 is 10.6 Å². The highest BCUT2D eigenvalue weighted by Gasteiger charge is 2.14. The second-order valence-corrected chi connectivity index (χ2v) is 4.59. The number of nitrogens with zero attached hydrogens (tertiary/aromatic N) is 1. The molecule has 1 saturated heterocycles. The molecule has 5 nitrogen and oxygen atoms in total. The minimum absolute atomic E-state index is 0.0950. The van der Waals surface area contributed by atoms with E-state index in [9.17, 15) is 4.79 Å². The van der Waals surface area contributed by atoms with Crippen LogP contribution in [0.25, 0.3) is 0 Å². The molecule has 2 rings (SSSR count). The number of aromatic nitrogens is 1. The second-order valence-electron chi connectivity index (χ2n) is 3.69. The first-order chi connectivity index (χ1) is 7.84.